The van der Waals surface area contributed by atoms with Crippen LogP contribution in [0.25, 0.3) is 11.1 Å². The van der Waals surface area contributed by atoms with Crippen LogP contribution in [0.2, 0.25) is 0 Å². The van der Waals surface area contributed by atoms with Crippen molar-refractivity contribution < 1.29 is 23.5 Å². The van der Waals surface area contributed by atoms with Gasteiger partial charge in [0, 0.05) is 18.4 Å². The molecule has 0 spiro atoms. The van der Waals surface area contributed by atoms with Gasteiger partial charge < -0.3 is 4.74 Å². The number of ketones is 1. The van der Waals surface area contributed by atoms with Crippen LogP contribution < -0.4 is 15.6 Å². The molecule has 3 aromatic rings. The van der Waals surface area contributed by atoms with E-state index in [-0.39, 0.29) is 25.2 Å². The van der Waals surface area contributed by atoms with E-state index in [9.17, 15) is 18.8 Å². The molecule has 0 bridgehead atoms. The quantitative estimate of drug-likeness (QED) is 0.430. The van der Waals surface area contributed by atoms with Crippen molar-refractivity contribution >= 4 is 17.6 Å². The third-order valence-corrected chi connectivity index (χ3v) is 4.42. The van der Waals surface area contributed by atoms with E-state index in [1.165, 1.54) is 24.3 Å². The first kappa shape index (κ1) is 21.7. The molecule has 0 saturated heterocycles. The molecule has 31 heavy (non-hydrogen) atoms. The molecule has 0 aromatic heterocycles. The number of benzene rings is 3. The predicted molar refractivity (Wildman–Crippen MR) is 114 cm³/mol. The van der Waals surface area contributed by atoms with Gasteiger partial charge in [-0.3, -0.25) is 25.2 Å². The number of ether oxygens (including phenoxy) is 1. The normalized spacial score (nSPS) is 10.2. The number of nitrogens with one attached hydrogen (secondary N) is 2. The van der Waals surface area contributed by atoms with Crippen LogP contribution >= 0.6 is 0 Å². The monoisotopic (exact) mass is 420 g/mol. The summed E-state index contributed by atoms with van der Waals surface area (Å²) in [7, 11) is 0. The maximum atomic E-state index is 12.8. The van der Waals surface area contributed by atoms with Crippen LogP contribution in [0.4, 0.5) is 4.39 Å². The van der Waals surface area contributed by atoms with Crippen molar-refractivity contribution in [1.82, 2.24) is 10.9 Å². The van der Waals surface area contributed by atoms with Crippen LogP contribution in [0.1, 0.15) is 23.2 Å². The first-order valence-electron chi connectivity index (χ1n) is 9.66. The molecule has 3 rings (SSSR count). The topological polar surface area (TPSA) is 84.5 Å². The van der Waals surface area contributed by atoms with Gasteiger partial charge >= 0.3 is 0 Å². The van der Waals surface area contributed by atoms with E-state index in [1.54, 1.807) is 12.1 Å². The lowest BCUT2D eigenvalue weighted by atomic mass is 10.0. The third kappa shape index (κ3) is 6.78. The fourth-order valence-corrected chi connectivity index (χ4v) is 2.77. The Morgan fingerprint density at radius 1 is 0.710 bits per heavy atom. The van der Waals surface area contributed by atoms with Gasteiger partial charge in [-0.05, 0) is 35.4 Å². The molecule has 2 amide bonds. The van der Waals surface area contributed by atoms with Gasteiger partial charge in [-0.1, -0.05) is 54.6 Å². The molecule has 0 aliphatic heterocycles. The standard InChI is InChI=1S/C24H21FN2O4/c25-20-10-12-21(13-11-20)31-16-24(30)27-26-23(29)15-14-22(28)19-8-6-18(7-9-19)17-4-2-1-3-5-17/h1-13H,14-16H2,(H,26,29)(H,27,30). The van der Waals surface area contributed by atoms with Crippen LogP contribution in [-0.4, -0.2) is 24.2 Å². The fraction of sp³-hybridized carbons (Fsp3) is 0.125. The van der Waals surface area contributed by atoms with Crippen molar-refractivity contribution in [2.45, 2.75) is 12.8 Å². The highest BCUT2D eigenvalue weighted by atomic mass is 19.1. The average molecular weight is 420 g/mol. The summed E-state index contributed by atoms with van der Waals surface area (Å²) in [6, 6.07) is 22.2. The smallest absolute Gasteiger partial charge is 0.276 e. The van der Waals surface area contributed by atoms with Gasteiger partial charge in [0.25, 0.3) is 5.91 Å². The molecule has 0 heterocycles. The van der Waals surface area contributed by atoms with Gasteiger partial charge in [0.15, 0.2) is 12.4 Å². The zero-order valence-electron chi connectivity index (χ0n) is 16.6. The lowest BCUT2D eigenvalue weighted by Gasteiger charge is -2.09. The number of halogens is 1. The number of Topliss-reactive ketones (excluding diaryl/α,β-unsaturated/α-hetero) is 1. The summed E-state index contributed by atoms with van der Waals surface area (Å²) >= 11 is 0. The molecule has 158 valence electrons. The Morgan fingerprint density at radius 3 is 2.00 bits per heavy atom. The molecule has 0 aliphatic rings. The van der Waals surface area contributed by atoms with E-state index in [0.29, 0.717) is 11.3 Å². The van der Waals surface area contributed by atoms with Gasteiger partial charge in [0.05, 0.1) is 0 Å². The summed E-state index contributed by atoms with van der Waals surface area (Å²) in [5.74, 6) is -1.33. The highest BCUT2D eigenvalue weighted by Gasteiger charge is 2.11. The number of hydrogen-bond acceptors (Lipinski definition) is 4. The van der Waals surface area contributed by atoms with E-state index < -0.39 is 17.6 Å². The lowest BCUT2D eigenvalue weighted by molar-refractivity contribution is -0.130. The molecular weight excluding hydrogens is 399 g/mol. The summed E-state index contributed by atoms with van der Waals surface area (Å²) in [5, 5.41) is 0. The minimum atomic E-state index is -0.583. The second-order valence-corrected chi connectivity index (χ2v) is 6.71. The Labute approximate surface area is 179 Å². The van der Waals surface area contributed by atoms with Gasteiger partial charge in [0.2, 0.25) is 5.91 Å². The number of amides is 2. The molecular formula is C24H21FN2O4. The SMILES string of the molecule is O=C(CCC(=O)c1ccc(-c2ccccc2)cc1)NNC(=O)COc1ccc(F)cc1. The second-order valence-electron chi connectivity index (χ2n) is 6.71. The summed E-state index contributed by atoms with van der Waals surface area (Å²) in [4.78, 5) is 35.9. The Hall–Kier alpha value is -4.00. The van der Waals surface area contributed by atoms with Gasteiger partial charge in [-0.25, -0.2) is 4.39 Å². The molecule has 2 N–H and O–H groups in total. The van der Waals surface area contributed by atoms with Crippen LogP contribution in [0.15, 0.2) is 78.9 Å². The Kier molecular flexibility index (Phi) is 7.48. The molecule has 3 aromatic carbocycles. The maximum absolute atomic E-state index is 12.8. The van der Waals surface area contributed by atoms with Gasteiger partial charge in [0.1, 0.15) is 11.6 Å². The van der Waals surface area contributed by atoms with E-state index in [2.05, 4.69) is 10.9 Å². The summed E-state index contributed by atoms with van der Waals surface area (Å²) in [6.07, 6.45) is -0.0587. The summed E-state index contributed by atoms with van der Waals surface area (Å²) < 4.78 is 18.0. The Balaban J connectivity index is 1.38. The molecule has 0 fully saturated rings. The largest absolute Gasteiger partial charge is 0.484 e. The predicted octanol–water partition coefficient (Wildman–Crippen LogP) is 3.68. The zero-order valence-corrected chi connectivity index (χ0v) is 16.6. The number of rotatable bonds is 8. The minimum Gasteiger partial charge on any atom is -0.484 e. The molecule has 0 radical (unpaired) electrons. The minimum absolute atomic E-state index is 0.0124. The molecule has 7 heteroatoms. The molecule has 0 saturated carbocycles. The summed E-state index contributed by atoms with van der Waals surface area (Å²) in [6.45, 7) is -0.349. The first-order chi connectivity index (χ1) is 15.0. The molecule has 6 nitrogen and oxygen atoms in total. The van der Waals surface area contributed by atoms with Crippen LogP contribution in [0.5, 0.6) is 5.75 Å². The van der Waals surface area contributed by atoms with Crippen molar-refractivity contribution in [3.8, 4) is 16.9 Å². The van der Waals surface area contributed by atoms with E-state index in [1.807, 2.05) is 42.5 Å². The number of hydrogen-bond donors (Lipinski definition) is 2. The number of carbonyl (C=O) groups excluding carboxylic acids is 3. The van der Waals surface area contributed by atoms with Crippen LogP contribution in [0.3, 0.4) is 0 Å². The van der Waals surface area contributed by atoms with Crippen molar-refractivity contribution in [3.05, 3.63) is 90.2 Å². The van der Waals surface area contributed by atoms with Crippen molar-refractivity contribution in [3.63, 3.8) is 0 Å². The van der Waals surface area contributed by atoms with Crippen molar-refractivity contribution in [1.29, 1.82) is 0 Å². The molecule has 0 aliphatic carbocycles. The molecule has 0 unspecified atom stereocenters. The molecule has 0 atom stereocenters. The average Bonchev–Trinajstić information content (AvgIpc) is 2.81. The lowest BCUT2D eigenvalue weighted by Crippen LogP contribution is -2.43. The zero-order chi connectivity index (χ0) is 22.1. The van der Waals surface area contributed by atoms with Gasteiger partial charge in [-0.15, -0.1) is 0 Å². The second kappa shape index (κ2) is 10.7. The fourth-order valence-electron chi connectivity index (χ4n) is 2.77. The number of carbonyl (C=O) groups is 3. The van der Waals surface area contributed by atoms with E-state index >= 15 is 0 Å². The third-order valence-electron chi connectivity index (χ3n) is 4.42. The van der Waals surface area contributed by atoms with E-state index in [0.717, 1.165) is 11.1 Å². The number of hydrazine groups is 1. The Morgan fingerprint density at radius 2 is 1.32 bits per heavy atom. The summed E-state index contributed by atoms with van der Waals surface area (Å²) in [5.41, 5.74) is 7.01. The maximum Gasteiger partial charge on any atom is 0.276 e. The van der Waals surface area contributed by atoms with Crippen molar-refractivity contribution in [2.75, 3.05) is 6.61 Å². The Bertz CT molecular complexity index is 1040. The van der Waals surface area contributed by atoms with Crippen molar-refractivity contribution in [2.24, 2.45) is 0 Å². The first-order valence-corrected chi connectivity index (χ1v) is 9.66. The van der Waals surface area contributed by atoms with Crippen LogP contribution in [0, 0.1) is 5.82 Å². The van der Waals surface area contributed by atoms with Gasteiger partial charge in [-0.2, -0.15) is 0 Å². The van der Waals surface area contributed by atoms with Crippen LogP contribution in [-0.2, 0) is 9.59 Å². The highest BCUT2D eigenvalue weighted by Crippen LogP contribution is 2.20. The van der Waals surface area contributed by atoms with E-state index in [4.69, 9.17) is 4.74 Å². The highest BCUT2D eigenvalue weighted by molar-refractivity contribution is 5.98.